The van der Waals surface area contributed by atoms with E-state index in [0.29, 0.717) is 22.4 Å². The van der Waals surface area contributed by atoms with Crippen LogP contribution in [0.25, 0.3) is 21.8 Å². The fourth-order valence-electron chi connectivity index (χ4n) is 2.83. The molecule has 0 aliphatic carbocycles. The minimum Gasteiger partial charge on any atom is -0.453 e. The highest BCUT2D eigenvalue weighted by Gasteiger charge is 2.13. The molecule has 0 atom stereocenters. The fourth-order valence-corrected chi connectivity index (χ4v) is 2.83. The molecule has 0 fully saturated rings. The highest BCUT2D eigenvalue weighted by Crippen LogP contribution is 2.19. The van der Waals surface area contributed by atoms with Gasteiger partial charge in [0.25, 0.3) is 5.56 Å². The summed E-state index contributed by atoms with van der Waals surface area (Å²) in [5.74, 6) is -0.184. The normalized spacial score (nSPS) is 11.1. The molecule has 2 aromatic carbocycles. The largest absolute Gasteiger partial charge is 0.453 e. The van der Waals surface area contributed by atoms with Gasteiger partial charge >= 0.3 is 5.97 Å². The van der Waals surface area contributed by atoms with Gasteiger partial charge in [0.05, 0.1) is 10.9 Å². The van der Waals surface area contributed by atoms with Crippen LogP contribution in [0.4, 0.5) is 0 Å². The van der Waals surface area contributed by atoms with Gasteiger partial charge in [-0.25, -0.2) is 9.78 Å². The Balaban J connectivity index is 1.57. The summed E-state index contributed by atoms with van der Waals surface area (Å²) in [6, 6.07) is 14.6. The number of hydrogen-bond acceptors (Lipinski definition) is 4. The van der Waals surface area contributed by atoms with E-state index in [1.807, 2.05) is 25.1 Å². The number of H-pyrrole nitrogens is 2. The number of esters is 1. The Morgan fingerprint density at radius 2 is 1.92 bits per heavy atom. The Bertz CT molecular complexity index is 1160. The van der Waals surface area contributed by atoms with E-state index in [1.165, 1.54) is 0 Å². The van der Waals surface area contributed by atoms with Gasteiger partial charge < -0.3 is 14.7 Å². The fraction of sp³-hybridized carbons (Fsp3) is 0.105. The molecule has 25 heavy (non-hydrogen) atoms. The molecule has 0 radical (unpaired) electrons. The van der Waals surface area contributed by atoms with Crippen LogP contribution >= 0.6 is 0 Å². The van der Waals surface area contributed by atoms with E-state index in [0.717, 1.165) is 16.5 Å². The zero-order valence-corrected chi connectivity index (χ0v) is 13.5. The van der Waals surface area contributed by atoms with Crippen molar-refractivity contribution in [2.24, 2.45) is 0 Å². The third kappa shape index (κ3) is 2.78. The number of rotatable bonds is 3. The smallest absolute Gasteiger partial charge is 0.355 e. The summed E-state index contributed by atoms with van der Waals surface area (Å²) >= 11 is 0. The molecular formula is C19H15N3O3. The van der Waals surface area contributed by atoms with Gasteiger partial charge in [0, 0.05) is 10.9 Å². The number of aromatic nitrogens is 3. The van der Waals surface area contributed by atoms with Crippen LogP contribution < -0.4 is 5.56 Å². The van der Waals surface area contributed by atoms with E-state index in [2.05, 4.69) is 15.0 Å². The number of carbonyl (C=O) groups excluding carboxylic acids is 1. The molecule has 2 N–H and O–H groups in total. The van der Waals surface area contributed by atoms with Crippen LogP contribution in [-0.2, 0) is 11.3 Å². The van der Waals surface area contributed by atoms with Crippen LogP contribution in [0.15, 0.2) is 53.3 Å². The zero-order chi connectivity index (χ0) is 17.4. The molecular weight excluding hydrogens is 318 g/mol. The maximum atomic E-state index is 12.3. The summed E-state index contributed by atoms with van der Waals surface area (Å²) in [6.45, 7) is 1.88. The predicted octanol–water partition coefficient (Wildman–Crippen LogP) is 3.07. The maximum absolute atomic E-state index is 12.3. The molecule has 0 spiro atoms. The molecule has 6 nitrogen and oxygen atoms in total. The molecule has 0 saturated heterocycles. The lowest BCUT2D eigenvalue weighted by Gasteiger charge is -2.04. The SMILES string of the molecule is Cc1cccc2[nH]c(C(=O)OCc3nc4ccccc4c(=O)[nH]3)cc12. The van der Waals surface area contributed by atoms with E-state index in [1.54, 1.807) is 30.3 Å². The molecule has 0 unspecified atom stereocenters. The van der Waals surface area contributed by atoms with Gasteiger partial charge in [0.2, 0.25) is 0 Å². The van der Waals surface area contributed by atoms with Crippen molar-refractivity contribution in [1.29, 1.82) is 0 Å². The van der Waals surface area contributed by atoms with Crippen LogP contribution in [-0.4, -0.2) is 20.9 Å². The van der Waals surface area contributed by atoms with Gasteiger partial charge in [-0.2, -0.15) is 0 Å². The quantitative estimate of drug-likeness (QED) is 0.564. The highest BCUT2D eigenvalue weighted by molar-refractivity contribution is 5.95. The number of aromatic amines is 2. The number of benzene rings is 2. The molecule has 4 aromatic rings. The average Bonchev–Trinajstić information content (AvgIpc) is 3.06. The Labute approximate surface area is 142 Å². The first-order valence-electron chi connectivity index (χ1n) is 7.85. The monoisotopic (exact) mass is 333 g/mol. The lowest BCUT2D eigenvalue weighted by molar-refractivity contribution is 0.0456. The Morgan fingerprint density at radius 1 is 1.08 bits per heavy atom. The van der Waals surface area contributed by atoms with E-state index in [4.69, 9.17) is 4.74 Å². The summed E-state index contributed by atoms with van der Waals surface area (Å²) in [5, 5.41) is 1.48. The lowest BCUT2D eigenvalue weighted by atomic mass is 10.1. The first-order valence-corrected chi connectivity index (χ1v) is 7.85. The van der Waals surface area contributed by atoms with Crippen LogP contribution in [0.2, 0.25) is 0 Å². The summed E-state index contributed by atoms with van der Waals surface area (Å²) in [6.07, 6.45) is 0. The first kappa shape index (κ1) is 15.1. The van der Waals surface area contributed by atoms with Gasteiger partial charge in [-0.1, -0.05) is 24.3 Å². The third-order valence-corrected chi connectivity index (χ3v) is 4.10. The van der Waals surface area contributed by atoms with Crippen LogP contribution in [0.3, 0.4) is 0 Å². The summed E-state index contributed by atoms with van der Waals surface area (Å²) in [5.41, 5.74) is 2.64. The van der Waals surface area contributed by atoms with E-state index in [9.17, 15) is 9.59 Å². The molecule has 2 aromatic heterocycles. The lowest BCUT2D eigenvalue weighted by Crippen LogP contribution is -2.14. The minimum absolute atomic E-state index is 0.104. The molecule has 0 saturated carbocycles. The van der Waals surface area contributed by atoms with Gasteiger partial charge in [0.1, 0.15) is 18.1 Å². The predicted molar refractivity (Wildman–Crippen MR) is 94.5 cm³/mol. The summed E-state index contributed by atoms with van der Waals surface area (Å²) < 4.78 is 5.28. The molecule has 4 rings (SSSR count). The summed E-state index contributed by atoms with van der Waals surface area (Å²) in [7, 11) is 0. The molecule has 124 valence electrons. The van der Waals surface area contributed by atoms with Crippen LogP contribution in [0.1, 0.15) is 21.9 Å². The first-order chi connectivity index (χ1) is 12.1. The van der Waals surface area contributed by atoms with E-state index < -0.39 is 5.97 Å². The van der Waals surface area contributed by atoms with Crippen molar-refractivity contribution in [3.63, 3.8) is 0 Å². The summed E-state index contributed by atoms with van der Waals surface area (Å²) in [4.78, 5) is 34.3. The van der Waals surface area contributed by atoms with Gasteiger partial charge in [-0.3, -0.25) is 4.79 Å². The Kier molecular flexibility index (Phi) is 3.57. The van der Waals surface area contributed by atoms with Crippen molar-refractivity contribution >= 4 is 27.8 Å². The van der Waals surface area contributed by atoms with Crippen molar-refractivity contribution in [3.8, 4) is 0 Å². The maximum Gasteiger partial charge on any atom is 0.355 e. The molecule has 0 amide bonds. The zero-order valence-electron chi connectivity index (χ0n) is 13.5. The minimum atomic E-state index is -0.494. The standard InChI is InChI=1S/C19H15N3O3/c1-11-5-4-8-15-13(11)9-16(20-15)19(24)25-10-17-21-14-7-3-2-6-12(14)18(23)22-17/h2-9,20H,10H2,1H3,(H,21,22,23). The number of hydrogen-bond donors (Lipinski definition) is 2. The van der Waals surface area contributed by atoms with Crippen molar-refractivity contribution < 1.29 is 9.53 Å². The number of nitrogens with one attached hydrogen (secondary N) is 2. The highest BCUT2D eigenvalue weighted by atomic mass is 16.5. The van der Waals surface area contributed by atoms with Gasteiger partial charge in [-0.05, 0) is 36.8 Å². The van der Waals surface area contributed by atoms with Crippen molar-refractivity contribution in [3.05, 3.63) is 76.0 Å². The second-order valence-electron chi connectivity index (χ2n) is 5.83. The molecule has 0 bridgehead atoms. The second kappa shape index (κ2) is 5.90. The van der Waals surface area contributed by atoms with Crippen LogP contribution in [0.5, 0.6) is 0 Å². The van der Waals surface area contributed by atoms with E-state index >= 15 is 0 Å². The second-order valence-corrected chi connectivity index (χ2v) is 5.83. The molecule has 0 aliphatic heterocycles. The van der Waals surface area contributed by atoms with E-state index in [-0.39, 0.29) is 12.2 Å². The van der Waals surface area contributed by atoms with Crippen molar-refractivity contribution in [1.82, 2.24) is 15.0 Å². The average molecular weight is 333 g/mol. The number of para-hydroxylation sites is 1. The number of aryl methyl sites for hydroxylation is 1. The third-order valence-electron chi connectivity index (χ3n) is 4.10. The number of nitrogens with zero attached hydrogens (tertiary/aromatic N) is 1. The van der Waals surface area contributed by atoms with Gasteiger partial charge in [-0.15, -0.1) is 0 Å². The Hall–Kier alpha value is -3.41. The van der Waals surface area contributed by atoms with Crippen LogP contribution in [0, 0.1) is 6.92 Å². The number of carbonyl (C=O) groups is 1. The number of fused-ring (bicyclic) bond motifs is 2. The van der Waals surface area contributed by atoms with Crippen molar-refractivity contribution in [2.75, 3.05) is 0 Å². The molecule has 2 heterocycles. The van der Waals surface area contributed by atoms with Gasteiger partial charge in [0.15, 0.2) is 0 Å². The topological polar surface area (TPSA) is 87.8 Å². The molecule has 6 heteroatoms. The molecule has 0 aliphatic rings. The Morgan fingerprint density at radius 3 is 2.76 bits per heavy atom. The number of ether oxygens (including phenoxy) is 1. The van der Waals surface area contributed by atoms with Crippen molar-refractivity contribution in [2.45, 2.75) is 13.5 Å².